The maximum absolute atomic E-state index is 4.73. The summed E-state index contributed by atoms with van der Waals surface area (Å²) in [6.07, 6.45) is 11.9. The van der Waals surface area contributed by atoms with Crippen LogP contribution in [0.4, 0.5) is 0 Å². The van der Waals surface area contributed by atoms with Gasteiger partial charge in [0.25, 0.3) is 0 Å². The van der Waals surface area contributed by atoms with E-state index in [2.05, 4.69) is 51.5 Å². The second kappa shape index (κ2) is 6.76. The van der Waals surface area contributed by atoms with Crippen molar-refractivity contribution in [3.63, 3.8) is 0 Å². The van der Waals surface area contributed by atoms with Gasteiger partial charge in [-0.3, -0.25) is 0 Å². The molecule has 3 aromatic rings. The molecule has 1 fully saturated rings. The Morgan fingerprint density at radius 2 is 1.76 bits per heavy atom. The van der Waals surface area contributed by atoms with Crippen LogP contribution in [0, 0.1) is 6.92 Å². The summed E-state index contributed by atoms with van der Waals surface area (Å²) in [5, 5.41) is 3.73. The summed E-state index contributed by atoms with van der Waals surface area (Å²) in [4.78, 5) is 16.5. The number of aromatic nitrogens is 4. The maximum Gasteiger partial charge on any atom is 0.126 e. The number of benzene rings is 1. The first-order valence-electron chi connectivity index (χ1n) is 8.87. The molecule has 0 saturated heterocycles. The monoisotopic (exact) mass is 333 g/mol. The van der Waals surface area contributed by atoms with Gasteiger partial charge in [0.1, 0.15) is 12.2 Å². The Labute approximate surface area is 148 Å². The van der Waals surface area contributed by atoms with Crippen molar-refractivity contribution in [2.75, 3.05) is 0 Å². The zero-order valence-electron chi connectivity index (χ0n) is 14.5. The summed E-state index contributed by atoms with van der Waals surface area (Å²) in [5.41, 5.74) is 4.53. The number of aryl methyl sites for hydroxylation is 1. The Morgan fingerprint density at radius 3 is 2.48 bits per heavy atom. The van der Waals surface area contributed by atoms with Gasteiger partial charge in [-0.25, -0.2) is 15.0 Å². The van der Waals surface area contributed by atoms with Crippen LogP contribution >= 0.6 is 0 Å². The van der Waals surface area contributed by atoms with Gasteiger partial charge in [-0.15, -0.1) is 0 Å². The smallest absolute Gasteiger partial charge is 0.126 e. The molecule has 128 valence electrons. The fourth-order valence-corrected chi connectivity index (χ4v) is 3.61. The fourth-order valence-electron chi connectivity index (χ4n) is 3.61. The van der Waals surface area contributed by atoms with Crippen LogP contribution in [0.3, 0.4) is 0 Å². The van der Waals surface area contributed by atoms with E-state index in [4.69, 9.17) is 4.98 Å². The van der Waals surface area contributed by atoms with Crippen molar-refractivity contribution in [1.82, 2.24) is 25.3 Å². The van der Waals surface area contributed by atoms with Crippen LogP contribution in [-0.4, -0.2) is 19.9 Å². The number of hydrogen-bond donors (Lipinski definition) is 2. The van der Waals surface area contributed by atoms with Crippen LogP contribution in [0.15, 0.2) is 49.2 Å². The molecule has 0 bridgehead atoms. The Kier molecular flexibility index (Phi) is 4.32. The van der Waals surface area contributed by atoms with Gasteiger partial charge in [-0.05, 0) is 25.3 Å². The molecule has 0 atom stereocenters. The first kappa shape index (κ1) is 16.0. The number of hydrogen-bond acceptors (Lipinski definition) is 4. The van der Waals surface area contributed by atoms with Crippen LogP contribution in [-0.2, 0) is 12.1 Å². The molecule has 5 heteroatoms. The molecule has 1 aliphatic rings. The van der Waals surface area contributed by atoms with E-state index >= 15 is 0 Å². The van der Waals surface area contributed by atoms with Crippen LogP contribution in [0.25, 0.3) is 11.3 Å². The van der Waals surface area contributed by atoms with Gasteiger partial charge in [0.05, 0.1) is 17.4 Å². The fraction of sp³-hybridized carbons (Fsp3) is 0.350. The Hall–Kier alpha value is -2.53. The molecule has 25 heavy (non-hydrogen) atoms. The average Bonchev–Trinajstić information content (AvgIpc) is 3.32. The molecule has 1 aromatic carbocycles. The summed E-state index contributed by atoms with van der Waals surface area (Å²) in [6.45, 7) is 2.86. The minimum Gasteiger partial charge on any atom is -0.340 e. The minimum atomic E-state index is -0.0845. The quantitative estimate of drug-likeness (QED) is 0.746. The summed E-state index contributed by atoms with van der Waals surface area (Å²) in [6, 6.07) is 8.55. The molecule has 5 nitrogen and oxygen atoms in total. The highest BCUT2D eigenvalue weighted by atomic mass is 15.1. The zero-order valence-corrected chi connectivity index (χ0v) is 14.5. The number of nitrogens with zero attached hydrogens (tertiary/aromatic N) is 3. The molecular weight excluding hydrogens is 310 g/mol. The molecule has 0 amide bonds. The maximum atomic E-state index is 4.73. The molecule has 2 heterocycles. The van der Waals surface area contributed by atoms with Crippen molar-refractivity contribution >= 4 is 0 Å². The lowest BCUT2D eigenvalue weighted by molar-refractivity contribution is 0.321. The van der Waals surface area contributed by atoms with Gasteiger partial charge in [0.15, 0.2) is 0 Å². The van der Waals surface area contributed by atoms with Crippen molar-refractivity contribution in [1.29, 1.82) is 0 Å². The second-order valence-corrected chi connectivity index (χ2v) is 6.90. The molecule has 0 radical (unpaired) electrons. The van der Waals surface area contributed by atoms with Gasteiger partial charge in [-0.1, -0.05) is 42.7 Å². The van der Waals surface area contributed by atoms with Crippen LogP contribution < -0.4 is 5.32 Å². The second-order valence-electron chi connectivity index (χ2n) is 6.90. The third kappa shape index (κ3) is 3.33. The van der Waals surface area contributed by atoms with Crippen molar-refractivity contribution in [3.8, 4) is 11.3 Å². The van der Waals surface area contributed by atoms with Crippen LogP contribution in [0.2, 0.25) is 0 Å². The van der Waals surface area contributed by atoms with Crippen molar-refractivity contribution in [2.24, 2.45) is 0 Å². The Bertz CT molecular complexity index is 817. The van der Waals surface area contributed by atoms with E-state index in [0.717, 1.165) is 36.5 Å². The van der Waals surface area contributed by atoms with Gasteiger partial charge in [0.2, 0.25) is 0 Å². The van der Waals surface area contributed by atoms with Gasteiger partial charge < -0.3 is 10.3 Å². The molecule has 2 N–H and O–H groups in total. The number of imidazole rings is 1. The third-order valence-electron chi connectivity index (χ3n) is 5.09. The molecule has 1 aliphatic carbocycles. The van der Waals surface area contributed by atoms with E-state index in [1.165, 1.54) is 24.0 Å². The van der Waals surface area contributed by atoms with E-state index in [-0.39, 0.29) is 5.54 Å². The number of aromatic amines is 1. The number of H-pyrrole nitrogens is 1. The van der Waals surface area contributed by atoms with Crippen molar-refractivity contribution < 1.29 is 0 Å². The first-order chi connectivity index (χ1) is 12.3. The topological polar surface area (TPSA) is 66.5 Å². The average molecular weight is 333 g/mol. The lowest BCUT2D eigenvalue weighted by Crippen LogP contribution is -2.40. The molecule has 1 saturated carbocycles. The van der Waals surface area contributed by atoms with E-state index in [1.54, 1.807) is 6.33 Å². The standard InChI is InChI=1S/C20H23N5/c1-15-4-6-17(7-5-15)18-13-23-19(25-18)20(8-2-3-9-20)24-12-16-10-21-14-22-11-16/h4-7,10-11,13-14,24H,2-3,8-9,12H2,1H3,(H,23,25). The lowest BCUT2D eigenvalue weighted by Gasteiger charge is -2.28. The highest BCUT2D eigenvalue weighted by Crippen LogP contribution is 2.38. The summed E-state index contributed by atoms with van der Waals surface area (Å²) < 4.78 is 0. The SMILES string of the molecule is Cc1ccc(-c2cnc(C3(NCc4cncnc4)CCCC3)[nH]2)cc1. The Morgan fingerprint density at radius 1 is 1.04 bits per heavy atom. The molecular formula is C20H23N5. The number of rotatable bonds is 5. The summed E-state index contributed by atoms with van der Waals surface area (Å²) >= 11 is 0. The Balaban J connectivity index is 1.57. The normalized spacial score (nSPS) is 16.2. The highest BCUT2D eigenvalue weighted by molar-refractivity contribution is 5.59. The van der Waals surface area contributed by atoms with Crippen LogP contribution in [0.1, 0.15) is 42.6 Å². The largest absolute Gasteiger partial charge is 0.340 e. The van der Waals surface area contributed by atoms with Crippen molar-refractivity contribution in [3.05, 3.63) is 66.1 Å². The van der Waals surface area contributed by atoms with Gasteiger partial charge >= 0.3 is 0 Å². The van der Waals surface area contributed by atoms with Crippen molar-refractivity contribution in [2.45, 2.75) is 44.7 Å². The van der Waals surface area contributed by atoms with Crippen LogP contribution in [0.5, 0.6) is 0 Å². The minimum absolute atomic E-state index is 0.0845. The van der Waals surface area contributed by atoms with Gasteiger partial charge in [0, 0.05) is 24.5 Å². The molecule has 0 spiro atoms. The zero-order chi connectivity index (χ0) is 17.1. The molecule has 2 aromatic heterocycles. The molecule has 0 aliphatic heterocycles. The molecule has 4 rings (SSSR count). The van der Waals surface area contributed by atoms with E-state index in [1.807, 2.05) is 18.6 Å². The van der Waals surface area contributed by atoms with Gasteiger partial charge in [-0.2, -0.15) is 0 Å². The van der Waals surface area contributed by atoms with E-state index < -0.39 is 0 Å². The third-order valence-corrected chi connectivity index (χ3v) is 5.09. The first-order valence-corrected chi connectivity index (χ1v) is 8.87. The van der Waals surface area contributed by atoms with E-state index in [9.17, 15) is 0 Å². The van der Waals surface area contributed by atoms with E-state index in [0.29, 0.717) is 0 Å². The summed E-state index contributed by atoms with van der Waals surface area (Å²) in [5.74, 6) is 1.04. The summed E-state index contributed by atoms with van der Waals surface area (Å²) in [7, 11) is 0. The lowest BCUT2D eigenvalue weighted by atomic mass is 9.96. The predicted molar refractivity (Wildman–Crippen MR) is 97.8 cm³/mol. The number of nitrogens with one attached hydrogen (secondary N) is 2. The molecule has 0 unspecified atom stereocenters. The highest BCUT2D eigenvalue weighted by Gasteiger charge is 2.37. The predicted octanol–water partition coefficient (Wildman–Crippen LogP) is 3.73.